The molecule has 0 aliphatic carbocycles. The number of ether oxygens (including phenoxy) is 3. The lowest BCUT2D eigenvalue weighted by molar-refractivity contribution is -0.167. The van der Waals surface area contributed by atoms with Crippen LogP contribution in [0.25, 0.3) is 0 Å². The number of carbonyl (C=O) groups excluding carboxylic acids is 3. The van der Waals surface area contributed by atoms with Crippen LogP contribution in [0.15, 0.2) is 60.8 Å². The molecular formula is C74H134O6. The maximum absolute atomic E-state index is 12.9. The zero-order valence-corrected chi connectivity index (χ0v) is 53.6. The van der Waals surface area contributed by atoms with Crippen molar-refractivity contribution in [3.05, 3.63) is 60.8 Å². The molecule has 6 nitrogen and oxygen atoms in total. The van der Waals surface area contributed by atoms with Crippen LogP contribution < -0.4 is 0 Å². The topological polar surface area (TPSA) is 78.9 Å². The second-order valence-corrected chi connectivity index (χ2v) is 23.8. The van der Waals surface area contributed by atoms with Gasteiger partial charge in [-0.25, -0.2) is 0 Å². The van der Waals surface area contributed by atoms with E-state index in [4.69, 9.17) is 14.2 Å². The van der Waals surface area contributed by atoms with Gasteiger partial charge >= 0.3 is 17.9 Å². The predicted molar refractivity (Wildman–Crippen MR) is 348 cm³/mol. The van der Waals surface area contributed by atoms with Crippen molar-refractivity contribution < 1.29 is 28.6 Å². The van der Waals surface area contributed by atoms with Gasteiger partial charge in [0.05, 0.1) is 0 Å². The summed E-state index contributed by atoms with van der Waals surface area (Å²) >= 11 is 0. The van der Waals surface area contributed by atoms with Gasteiger partial charge in [-0.2, -0.15) is 0 Å². The maximum Gasteiger partial charge on any atom is 0.306 e. The molecule has 80 heavy (non-hydrogen) atoms. The molecule has 0 heterocycles. The van der Waals surface area contributed by atoms with Crippen molar-refractivity contribution in [1.29, 1.82) is 0 Å². The summed E-state index contributed by atoms with van der Waals surface area (Å²) in [4.78, 5) is 38.3. The Kier molecular flexibility index (Phi) is 66.1. The van der Waals surface area contributed by atoms with E-state index in [9.17, 15) is 14.4 Å². The van der Waals surface area contributed by atoms with Crippen LogP contribution in [-0.4, -0.2) is 37.2 Å². The largest absolute Gasteiger partial charge is 0.462 e. The van der Waals surface area contributed by atoms with E-state index in [-0.39, 0.29) is 31.1 Å². The number of unbranched alkanes of at least 4 members (excludes halogenated alkanes) is 44. The molecule has 0 aromatic heterocycles. The lowest BCUT2D eigenvalue weighted by Crippen LogP contribution is -2.30. The molecule has 0 aromatic carbocycles. The first kappa shape index (κ1) is 77.1. The molecule has 0 spiro atoms. The average Bonchev–Trinajstić information content (AvgIpc) is 3.46. The summed E-state index contributed by atoms with van der Waals surface area (Å²) in [6, 6.07) is 0. The van der Waals surface area contributed by atoms with Crippen LogP contribution in [0.1, 0.15) is 374 Å². The highest BCUT2D eigenvalue weighted by Gasteiger charge is 2.19. The van der Waals surface area contributed by atoms with Crippen LogP contribution >= 0.6 is 0 Å². The fourth-order valence-electron chi connectivity index (χ4n) is 10.5. The zero-order valence-electron chi connectivity index (χ0n) is 53.6. The SMILES string of the molecule is CC/C=C\C/C=C\C/C=C\C/C=C\C/C=C\CCCCCCCCCCCCCCCCCC(=O)OCC(COC(=O)CCCCCCCCCCCC)OC(=O)CCCCCCCCCCCCCCCCCCCCCCC. The number of esters is 3. The summed E-state index contributed by atoms with van der Waals surface area (Å²) in [7, 11) is 0. The summed E-state index contributed by atoms with van der Waals surface area (Å²) in [5.41, 5.74) is 0. The van der Waals surface area contributed by atoms with E-state index in [2.05, 4.69) is 81.5 Å². The molecule has 0 aliphatic heterocycles. The molecular weight excluding hydrogens is 985 g/mol. The molecule has 1 unspecified atom stereocenters. The zero-order chi connectivity index (χ0) is 57.8. The summed E-state index contributed by atoms with van der Waals surface area (Å²) in [6.45, 7) is 6.58. The Labute approximate surface area is 498 Å². The second kappa shape index (κ2) is 68.6. The van der Waals surface area contributed by atoms with Gasteiger partial charge in [-0.3, -0.25) is 14.4 Å². The Hall–Kier alpha value is -2.89. The fraction of sp³-hybridized carbons (Fsp3) is 0.824. The molecule has 6 heteroatoms. The maximum atomic E-state index is 12.9. The van der Waals surface area contributed by atoms with E-state index in [1.54, 1.807) is 0 Å². The van der Waals surface area contributed by atoms with Gasteiger partial charge in [0, 0.05) is 19.3 Å². The van der Waals surface area contributed by atoms with Gasteiger partial charge in [0.25, 0.3) is 0 Å². The molecule has 0 bridgehead atoms. The number of rotatable bonds is 65. The Morgan fingerprint density at radius 1 is 0.263 bits per heavy atom. The van der Waals surface area contributed by atoms with Crippen molar-refractivity contribution in [1.82, 2.24) is 0 Å². The molecule has 0 fully saturated rings. The van der Waals surface area contributed by atoms with Crippen molar-refractivity contribution in [2.45, 2.75) is 380 Å². The number of allylic oxidation sites excluding steroid dienone is 10. The molecule has 0 saturated heterocycles. The summed E-state index contributed by atoms with van der Waals surface area (Å²) in [5, 5.41) is 0. The smallest absolute Gasteiger partial charge is 0.306 e. The van der Waals surface area contributed by atoms with Crippen LogP contribution in [-0.2, 0) is 28.6 Å². The van der Waals surface area contributed by atoms with Crippen molar-refractivity contribution in [3.8, 4) is 0 Å². The first-order valence-corrected chi connectivity index (χ1v) is 35.3. The van der Waals surface area contributed by atoms with Crippen molar-refractivity contribution >= 4 is 17.9 Å². The van der Waals surface area contributed by atoms with E-state index in [0.717, 1.165) is 89.9 Å². The molecule has 0 aliphatic rings. The first-order chi connectivity index (χ1) is 39.5. The van der Waals surface area contributed by atoms with E-state index < -0.39 is 6.10 Å². The molecule has 0 radical (unpaired) electrons. The number of hydrogen-bond acceptors (Lipinski definition) is 6. The van der Waals surface area contributed by atoms with Crippen molar-refractivity contribution in [2.24, 2.45) is 0 Å². The third-order valence-electron chi connectivity index (χ3n) is 15.8. The molecule has 0 aromatic rings. The molecule has 466 valence electrons. The first-order valence-electron chi connectivity index (χ1n) is 35.3. The minimum atomic E-state index is -0.769. The fourth-order valence-corrected chi connectivity index (χ4v) is 10.5. The molecule has 1 atom stereocenters. The molecule has 0 N–H and O–H groups in total. The van der Waals surface area contributed by atoms with Gasteiger partial charge < -0.3 is 14.2 Å². The highest BCUT2D eigenvalue weighted by Crippen LogP contribution is 2.18. The third kappa shape index (κ3) is 65.9. The highest BCUT2D eigenvalue weighted by molar-refractivity contribution is 5.71. The Bertz CT molecular complexity index is 1430. The summed E-state index contributed by atoms with van der Waals surface area (Å²) < 4.78 is 17.0. The number of carbonyl (C=O) groups is 3. The van der Waals surface area contributed by atoms with Crippen molar-refractivity contribution in [3.63, 3.8) is 0 Å². The van der Waals surface area contributed by atoms with Gasteiger partial charge in [-0.15, -0.1) is 0 Å². The van der Waals surface area contributed by atoms with E-state index in [0.29, 0.717) is 19.3 Å². The van der Waals surface area contributed by atoms with E-state index in [1.807, 2.05) is 0 Å². The monoisotopic (exact) mass is 1120 g/mol. The summed E-state index contributed by atoms with van der Waals surface area (Å²) in [6.07, 6.45) is 88.3. The summed E-state index contributed by atoms with van der Waals surface area (Å²) in [5.74, 6) is -0.843. The van der Waals surface area contributed by atoms with Crippen LogP contribution in [0.4, 0.5) is 0 Å². The second-order valence-electron chi connectivity index (χ2n) is 23.8. The lowest BCUT2D eigenvalue weighted by Gasteiger charge is -2.18. The average molecular weight is 1120 g/mol. The standard InChI is InChI=1S/C74H134O6/c1-4-7-10-13-16-19-22-24-26-28-30-32-33-34-35-36-37-38-39-40-41-43-44-46-48-50-52-55-58-61-64-67-73(76)79-70-71(69-78-72(75)66-63-60-57-54-21-18-15-12-9-6-3)80-74(77)68-65-62-59-56-53-51-49-47-45-42-31-29-27-25-23-20-17-14-11-8-5-2/h7,10,16,19,24,26,30,32,34-35,71H,4-6,8-9,11-15,17-18,20-23,25,27-29,31,33,36-70H2,1-3H3/b10-7-,19-16-,26-24-,32-30-,35-34-. The number of hydrogen-bond donors (Lipinski definition) is 0. The van der Waals surface area contributed by atoms with Crippen LogP contribution in [0.5, 0.6) is 0 Å². The molecule has 0 amide bonds. The lowest BCUT2D eigenvalue weighted by atomic mass is 10.0. The van der Waals surface area contributed by atoms with Gasteiger partial charge in [-0.05, 0) is 64.2 Å². The molecule has 0 saturated carbocycles. The normalized spacial score (nSPS) is 12.4. The van der Waals surface area contributed by atoms with Gasteiger partial charge in [-0.1, -0.05) is 351 Å². The van der Waals surface area contributed by atoms with Crippen LogP contribution in [0, 0.1) is 0 Å². The Morgan fingerprint density at radius 2 is 0.487 bits per heavy atom. The third-order valence-corrected chi connectivity index (χ3v) is 15.8. The predicted octanol–water partition coefficient (Wildman–Crippen LogP) is 24.3. The quantitative estimate of drug-likeness (QED) is 0.0261. The Balaban J connectivity index is 4.12. The van der Waals surface area contributed by atoms with Gasteiger partial charge in [0.15, 0.2) is 6.10 Å². The highest BCUT2D eigenvalue weighted by atomic mass is 16.6. The minimum Gasteiger partial charge on any atom is -0.462 e. The van der Waals surface area contributed by atoms with E-state index >= 15 is 0 Å². The molecule has 0 rings (SSSR count). The van der Waals surface area contributed by atoms with Crippen molar-refractivity contribution in [2.75, 3.05) is 13.2 Å². The van der Waals surface area contributed by atoms with E-state index in [1.165, 1.54) is 244 Å². The minimum absolute atomic E-state index is 0.0671. The van der Waals surface area contributed by atoms with Gasteiger partial charge in [0.2, 0.25) is 0 Å². The van der Waals surface area contributed by atoms with Crippen LogP contribution in [0.2, 0.25) is 0 Å². The van der Waals surface area contributed by atoms with Crippen LogP contribution in [0.3, 0.4) is 0 Å². The Morgan fingerprint density at radius 3 is 0.762 bits per heavy atom. The van der Waals surface area contributed by atoms with Gasteiger partial charge in [0.1, 0.15) is 13.2 Å².